The van der Waals surface area contributed by atoms with Gasteiger partial charge in [-0.3, -0.25) is 9.59 Å². The molecular formula is C22H35N5O3. The van der Waals surface area contributed by atoms with Gasteiger partial charge in [0, 0.05) is 25.1 Å². The summed E-state index contributed by atoms with van der Waals surface area (Å²) in [4.78, 5) is 32.3. The number of methoxy groups -OCH3 is 1. The molecule has 0 aliphatic rings. The molecule has 0 radical (unpaired) electrons. The first kappa shape index (κ1) is 23.8. The molecule has 30 heavy (non-hydrogen) atoms. The fourth-order valence-electron chi connectivity index (χ4n) is 3.04. The number of aromatic nitrogens is 4. The molecule has 8 heteroatoms. The number of hydrogen-bond donors (Lipinski definition) is 0. The molecular weight excluding hydrogens is 382 g/mol. The third kappa shape index (κ3) is 6.00. The predicted molar refractivity (Wildman–Crippen MR) is 117 cm³/mol. The highest BCUT2D eigenvalue weighted by molar-refractivity contribution is 5.97. The molecule has 0 saturated heterocycles. The van der Waals surface area contributed by atoms with E-state index < -0.39 is 0 Å². The van der Waals surface area contributed by atoms with Crippen molar-refractivity contribution in [3.63, 3.8) is 0 Å². The molecule has 1 amide bonds. The summed E-state index contributed by atoms with van der Waals surface area (Å²) in [5.74, 6) is 1.17. The summed E-state index contributed by atoms with van der Waals surface area (Å²) in [5.41, 5.74) is 0.912. The van der Waals surface area contributed by atoms with Crippen molar-refractivity contribution < 1.29 is 14.3 Å². The van der Waals surface area contributed by atoms with E-state index >= 15 is 0 Å². The van der Waals surface area contributed by atoms with Crippen LogP contribution in [0.5, 0.6) is 5.88 Å². The van der Waals surface area contributed by atoms with Gasteiger partial charge in [-0.2, -0.15) is 0 Å². The number of imidazole rings is 1. The fourth-order valence-corrected chi connectivity index (χ4v) is 3.04. The van der Waals surface area contributed by atoms with Crippen LogP contribution in [0, 0.1) is 17.8 Å². The maximum atomic E-state index is 13.3. The topological polar surface area (TPSA) is 90.2 Å². The first-order valence-electron chi connectivity index (χ1n) is 10.7. The van der Waals surface area contributed by atoms with Crippen LogP contribution >= 0.6 is 0 Å². The molecule has 8 nitrogen and oxygen atoms in total. The Balaban J connectivity index is 2.40. The molecule has 166 valence electrons. The van der Waals surface area contributed by atoms with Crippen LogP contribution in [0.15, 0.2) is 6.07 Å². The van der Waals surface area contributed by atoms with Gasteiger partial charge in [0.05, 0.1) is 12.6 Å². The van der Waals surface area contributed by atoms with Crippen molar-refractivity contribution in [1.82, 2.24) is 24.6 Å². The average Bonchev–Trinajstić information content (AvgIpc) is 3.04. The highest BCUT2D eigenvalue weighted by atomic mass is 16.5. The molecule has 0 aliphatic carbocycles. The number of ketones is 1. The molecule has 2 aromatic rings. The van der Waals surface area contributed by atoms with E-state index in [1.807, 2.05) is 18.7 Å². The molecule has 0 fully saturated rings. The highest BCUT2D eigenvalue weighted by Crippen LogP contribution is 2.20. The molecule has 0 aliphatic heterocycles. The lowest BCUT2D eigenvalue weighted by Gasteiger charge is -2.25. The number of Topliss-reactive ketones (excluding diaryl/α,β-unsaturated/α-hetero) is 1. The second kappa shape index (κ2) is 10.5. The minimum Gasteiger partial charge on any atom is -0.480 e. The Kier molecular flexibility index (Phi) is 8.32. The molecule has 0 spiro atoms. The van der Waals surface area contributed by atoms with Crippen LogP contribution < -0.4 is 4.74 Å². The Morgan fingerprint density at radius 2 is 1.63 bits per heavy atom. The van der Waals surface area contributed by atoms with Crippen LogP contribution in [-0.2, 0) is 11.3 Å². The summed E-state index contributed by atoms with van der Waals surface area (Å²) >= 11 is 0. The van der Waals surface area contributed by atoms with Crippen molar-refractivity contribution in [1.29, 1.82) is 0 Å². The molecule has 0 saturated carbocycles. The molecule has 0 atom stereocenters. The Hall–Kier alpha value is -2.51. The van der Waals surface area contributed by atoms with Crippen molar-refractivity contribution in [2.45, 2.75) is 60.9 Å². The molecule has 0 aromatic carbocycles. The van der Waals surface area contributed by atoms with Crippen LogP contribution in [0.1, 0.15) is 65.0 Å². The maximum Gasteiger partial charge on any atom is 0.242 e. The second-order valence-electron chi connectivity index (χ2n) is 8.88. The van der Waals surface area contributed by atoms with Crippen molar-refractivity contribution >= 4 is 22.9 Å². The third-order valence-corrected chi connectivity index (χ3v) is 5.04. The molecule has 2 aromatic heterocycles. The van der Waals surface area contributed by atoms with Crippen LogP contribution in [0.25, 0.3) is 11.2 Å². The standard InChI is InChI=1S/C22H35N5O3/c1-14(2)8-10-26(11-9-15(3)4)19(28)13-27-17-12-18(30-7)24-25-21(17)23-22(27)20(29)16(5)6/h12,14-16H,8-11,13H2,1-7H3. The zero-order valence-electron chi connectivity index (χ0n) is 19.3. The van der Waals surface area contributed by atoms with Crippen LogP contribution in [-0.4, -0.2) is 56.5 Å². The highest BCUT2D eigenvalue weighted by Gasteiger charge is 2.25. The lowest BCUT2D eigenvalue weighted by molar-refractivity contribution is -0.132. The van der Waals surface area contributed by atoms with Gasteiger partial charge in [0.15, 0.2) is 5.82 Å². The summed E-state index contributed by atoms with van der Waals surface area (Å²) in [6.45, 7) is 13.7. The third-order valence-electron chi connectivity index (χ3n) is 5.04. The molecule has 0 N–H and O–H groups in total. The monoisotopic (exact) mass is 417 g/mol. The van der Waals surface area contributed by atoms with E-state index in [0.29, 0.717) is 42.0 Å². The van der Waals surface area contributed by atoms with Crippen LogP contribution in [0.2, 0.25) is 0 Å². The number of carbonyl (C=O) groups is 2. The van der Waals surface area contributed by atoms with Crippen LogP contribution in [0.3, 0.4) is 0 Å². The Morgan fingerprint density at radius 3 is 2.13 bits per heavy atom. The Morgan fingerprint density at radius 1 is 1.03 bits per heavy atom. The minimum absolute atomic E-state index is 0.0239. The van der Waals surface area contributed by atoms with Crippen molar-refractivity contribution in [2.24, 2.45) is 17.8 Å². The van der Waals surface area contributed by atoms with Gasteiger partial charge < -0.3 is 14.2 Å². The number of nitrogens with zero attached hydrogens (tertiary/aromatic N) is 5. The van der Waals surface area contributed by atoms with Crippen molar-refractivity contribution in [3.05, 3.63) is 11.9 Å². The average molecular weight is 418 g/mol. The van der Waals surface area contributed by atoms with E-state index in [9.17, 15) is 9.59 Å². The van der Waals surface area contributed by atoms with E-state index in [1.165, 1.54) is 7.11 Å². The summed E-state index contributed by atoms with van der Waals surface area (Å²) in [6, 6.07) is 1.67. The number of ether oxygens (including phenoxy) is 1. The molecule has 2 rings (SSSR count). The van der Waals surface area contributed by atoms with Gasteiger partial charge >= 0.3 is 0 Å². The quantitative estimate of drug-likeness (QED) is 0.519. The van der Waals surface area contributed by atoms with Crippen molar-refractivity contribution in [2.75, 3.05) is 20.2 Å². The molecule has 0 bridgehead atoms. The summed E-state index contributed by atoms with van der Waals surface area (Å²) in [5, 5.41) is 8.00. The minimum atomic E-state index is -0.247. The lowest BCUT2D eigenvalue weighted by atomic mass is 10.1. The SMILES string of the molecule is COc1cc2c(nn1)nc(C(=O)C(C)C)n2CC(=O)N(CCC(C)C)CCC(C)C. The summed E-state index contributed by atoms with van der Waals surface area (Å²) in [7, 11) is 1.50. The van der Waals surface area contributed by atoms with Gasteiger partial charge in [-0.05, 0) is 24.7 Å². The van der Waals surface area contributed by atoms with E-state index in [1.54, 1.807) is 10.6 Å². The van der Waals surface area contributed by atoms with Gasteiger partial charge in [0.25, 0.3) is 0 Å². The number of hydrogen-bond acceptors (Lipinski definition) is 6. The van der Waals surface area contributed by atoms with E-state index in [-0.39, 0.29) is 30.0 Å². The zero-order valence-corrected chi connectivity index (χ0v) is 19.3. The van der Waals surface area contributed by atoms with Gasteiger partial charge in [0.2, 0.25) is 23.2 Å². The molecule has 2 heterocycles. The van der Waals surface area contributed by atoms with E-state index in [2.05, 4.69) is 42.9 Å². The van der Waals surface area contributed by atoms with E-state index in [0.717, 1.165) is 12.8 Å². The number of carbonyl (C=O) groups excluding carboxylic acids is 2. The number of rotatable bonds is 11. The second-order valence-corrected chi connectivity index (χ2v) is 8.88. The van der Waals surface area contributed by atoms with Gasteiger partial charge in [0.1, 0.15) is 6.54 Å². The largest absolute Gasteiger partial charge is 0.480 e. The lowest BCUT2D eigenvalue weighted by Crippen LogP contribution is -2.37. The number of fused-ring (bicyclic) bond motifs is 1. The smallest absolute Gasteiger partial charge is 0.242 e. The summed E-state index contributed by atoms with van der Waals surface area (Å²) < 4.78 is 6.84. The normalized spacial score (nSPS) is 11.7. The Labute approximate surface area is 179 Å². The van der Waals surface area contributed by atoms with Gasteiger partial charge in [-0.15, -0.1) is 10.2 Å². The number of amides is 1. The molecule has 0 unspecified atom stereocenters. The first-order valence-corrected chi connectivity index (χ1v) is 10.7. The maximum absolute atomic E-state index is 13.3. The predicted octanol–water partition coefficient (Wildman–Crippen LogP) is 3.59. The summed E-state index contributed by atoms with van der Waals surface area (Å²) in [6.07, 6.45) is 1.87. The van der Waals surface area contributed by atoms with Gasteiger partial charge in [-0.1, -0.05) is 41.5 Å². The van der Waals surface area contributed by atoms with Crippen LogP contribution in [0.4, 0.5) is 0 Å². The Bertz CT molecular complexity index is 861. The van der Waals surface area contributed by atoms with Crippen molar-refractivity contribution in [3.8, 4) is 5.88 Å². The first-order chi connectivity index (χ1) is 14.1. The van der Waals surface area contributed by atoms with E-state index in [4.69, 9.17) is 4.74 Å². The fraction of sp³-hybridized carbons (Fsp3) is 0.682. The van der Waals surface area contributed by atoms with Gasteiger partial charge in [-0.25, -0.2) is 4.98 Å². The zero-order chi connectivity index (χ0) is 22.4.